The van der Waals surface area contributed by atoms with E-state index in [1.165, 1.54) is 12.1 Å². The molecule has 104 valence electrons. The third kappa shape index (κ3) is 8.47. The fourth-order valence-corrected chi connectivity index (χ4v) is 1.72. The van der Waals surface area contributed by atoms with Crippen LogP contribution in [-0.2, 0) is 10.1 Å². The number of aliphatic hydroxyl groups excluding tert-OH is 1. The third-order valence-electron chi connectivity index (χ3n) is 2.07. The first-order chi connectivity index (χ1) is 8.27. The third-order valence-corrected chi connectivity index (χ3v) is 3.21. The second-order valence-electron chi connectivity index (χ2n) is 3.97. The molecule has 1 rings (SSSR count). The molecule has 0 saturated carbocycles. The SMILES string of the molecule is CC(O)CCCCl.Cc1ccc(S(=O)(=O)O)cc1. The van der Waals surface area contributed by atoms with Gasteiger partial charge in [0.25, 0.3) is 10.1 Å². The maximum Gasteiger partial charge on any atom is 0.294 e. The highest BCUT2D eigenvalue weighted by molar-refractivity contribution is 7.85. The van der Waals surface area contributed by atoms with E-state index < -0.39 is 10.1 Å². The lowest BCUT2D eigenvalue weighted by Gasteiger charge is -1.97. The van der Waals surface area contributed by atoms with Gasteiger partial charge in [-0.15, -0.1) is 11.6 Å². The smallest absolute Gasteiger partial charge is 0.294 e. The number of rotatable bonds is 4. The van der Waals surface area contributed by atoms with E-state index in [0.29, 0.717) is 5.88 Å². The molecule has 1 unspecified atom stereocenters. The van der Waals surface area contributed by atoms with Gasteiger partial charge in [-0.05, 0) is 38.8 Å². The molecule has 1 atom stereocenters. The molecule has 0 aromatic heterocycles. The Morgan fingerprint density at radius 1 is 1.28 bits per heavy atom. The molecule has 0 heterocycles. The van der Waals surface area contributed by atoms with Crippen LogP contribution in [0.4, 0.5) is 0 Å². The zero-order valence-corrected chi connectivity index (χ0v) is 12.1. The van der Waals surface area contributed by atoms with Crippen LogP contribution in [0.15, 0.2) is 29.2 Å². The first kappa shape index (κ1) is 17.4. The molecule has 1 aromatic rings. The van der Waals surface area contributed by atoms with Crippen LogP contribution in [0, 0.1) is 6.92 Å². The Labute approximate surface area is 113 Å². The van der Waals surface area contributed by atoms with Crippen molar-refractivity contribution in [3.8, 4) is 0 Å². The lowest BCUT2D eigenvalue weighted by atomic mass is 10.2. The lowest BCUT2D eigenvalue weighted by Crippen LogP contribution is -1.98. The molecule has 0 aliphatic heterocycles. The van der Waals surface area contributed by atoms with Gasteiger partial charge >= 0.3 is 0 Å². The van der Waals surface area contributed by atoms with Crippen LogP contribution in [0.1, 0.15) is 25.3 Å². The zero-order chi connectivity index (χ0) is 14.2. The molecule has 0 saturated heterocycles. The average Bonchev–Trinajstić information content (AvgIpc) is 2.26. The Morgan fingerprint density at radius 2 is 1.78 bits per heavy atom. The van der Waals surface area contributed by atoms with Gasteiger partial charge in [0.05, 0.1) is 11.0 Å². The van der Waals surface area contributed by atoms with Gasteiger partial charge in [0.1, 0.15) is 0 Å². The summed E-state index contributed by atoms with van der Waals surface area (Å²) >= 11 is 5.33. The summed E-state index contributed by atoms with van der Waals surface area (Å²) in [4.78, 5) is -0.0666. The zero-order valence-electron chi connectivity index (χ0n) is 10.5. The van der Waals surface area contributed by atoms with Crippen molar-refractivity contribution >= 4 is 21.7 Å². The Balaban J connectivity index is 0.000000360. The predicted molar refractivity (Wildman–Crippen MR) is 72.6 cm³/mol. The number of aryl methyl sites for hydroxylation is 1. The van der Waals surface area contributed by atoms with Crippen molar-refractivity contribution in [3.05, 3.63) is 29.8 Å². The first-order valence-electron chi connectivity index (χ1n) is 5.55. The molecule has 0 aliphatic rings. The number of halogens is 1. The van der Waals surface area contributed by atoms with Crippen molar-refractivity contribution < 1.29 is 18.1 Å². The van der Waals surface area contributed by atoms with E-state index in [4.69, 9.17) is 21.3 Å². The second-order valence-corrected chi connectivity index (χ2v) is 5.77. The molecule has 4 nitrogen and oxygen atoms in total. The van der Waals surface area contributed by atoms with Gasteiger partial charge in [0.2, 0.25) is 0 Å². The van der Waals surface area contributed by atoms with E-state index in [9.17, 15) is 8.42 Å². The molecule has 0 spiro atoms. The van der Waals surface area contributed by atoms with Crippen molar-refractivity contribution in [2.75, 3.05) is 5.88 Å². The topological polar surface area (TPSA) is 74.6 Å². The van der Waals surface area contributed by atoms with Gasteiger partial charge in [-0.25, -0.2) is 0 Å². The van der Waals surface area contributed by atoms with E-state index in [1.807, 2.05) is 6.92 Å². The lowest BCUT2D eigenvalue weighted by molar-refractivity contribution is 0.184. The quantitative estimate of drug-likeness (QED) is 0.661. The minimum absolute atomic E-state index is 0.0666. The molecule has 18 heavy (non-hydrogen) atoms. The molecular weight excluding hydrogens is 276 g/mol. The molecule has 0 aliphatic carbocycles. The monoisotopic (exact) mass is 294 g/mol. The summed E-state index contributed by atoms with van der Waals surface area (Å²) in [5.41, 5.74) is 0.956. The summed E-state index contributed by atoms with van der Waals surface area (Å²) in [6, 6.07) is 5.99. The van der Waals surface area contributed by atoms with Gasteiger partial charge in [-0.3, -0.25) is 4.55 Å². The van der Waals surface area contributed by atoms with E-state index >= 15 is 0 Å². The normalized spacial score (nSPS) is 12.5. The number of alkyl halides is 1. The molecule has 0 bridgehead atoms. The molecular formula is C12H19ClO4S. The number of benzene rings is 1. The maximum atomic E-state index is 10.5. The van der Waals surface area contributed by atoms with Crippen LogP contribution in [0.3, 0.4) is 0 Å². The molecule has 2 N–H and O–H groups in total. The van der Waals surface area contributed by atoms with Gasteiger partial charge in [0.15, 0.2) is 0 Å². The van der Waals surface area contributed by atoms with Crippen LogP contribution in [-0.4, -0.2) is 30.1 Å². The van der Waals surface area contributed by atoms with Crippen LogP contribution in [0.2, 0.25) is 0 Å². The van der Waals surface area contributed by atoms with Crippen LogP contribution < -0.4 is 0 Å². The van der Waals surface area contributed by atoms with Crippen molar-refractivity contribution in [2.45, 2.75) is 37.7 Å². The van der Waals surface area contributed by atoms with Crippen LogP contribution in [0.5, 0.6) is 0 Å². The Hall–Kier alpha value is -0.620. The van der Waals surface area contributed by atoms with E-state index in [1.54, 1.807) is 19.1 Å². The predicted octanol–water partition coefficient (Wildman–Crippen LogP) is 2.63. The first-order valence-corrected chi connectivity index (χ1v) is 7.53. The minimum Gasteiger partial charge on any atom is -0.393 e. The van der Waals surface area contributed by atoms with Gasteiger partial charge in [-0.2, -0.15) is 8.42 Å². The van der Waals surface area contributed by atoms with Crippen molar-refractivity contribution in [2.24, 2.45) is 0 Å². The molecule has 0 amide bonds. The molecule has 6 heteroatoms. The number of hydrogen-bond donors (Lipinski definition) is 2. The number of hydrogen-bond acceptors (Lipinski definition) is 3. The average molecular weight is 295 g/mol. The fourth-order valence-electron chi connectivity index (χ4n) is 1.08. The standard InChI is InChI=1S/C7H8O3S.C5H11ClO/c1-6-2-4-7(5-3-6)11(8,9)10;1-5(7)3-2-4-6/h2-5H,1H3,(H,8,9,10);5,7H,2-4H2,1H3. The summed E-state index contributed by atoms with van der Waals surface area (Å²) in [6.07, 6.45) is 1.56. The summed E-state index contributed by atoms with van der Waals surface area (Å²) in [5, 5.41) is 8.62. The van der Waals surface area contributed by atoms with Crippen LogP contribution in [0.25, 0.3) is 0 Å². The highest BCUT2D eigenvalue weighted by Gasteiger charge is 2.06. The van der Waals surface area contributed by atoms with Crippen molar-refractivity contribution in [1.29, 1.82) is 0 Å². The van der Waals surface area contributed by atoms with E-state index in [-0.39, 0.29) is 11.0 Å². The summed E-state index contributed by atoms with van der Waals surface area (Å²) < 4.78 is 29.6. The fraction of sp³-hybridized carbons (Fsp3) is 0.500. The van der Waals surface area contributed by atoms with Gasteiger partial charge in [-0.1, -0.05) is 17.7 Å². The van der Waals surface area contributed by atoms with E-state index in [0.717, 1.165) is 18.4 Å². The summed E-state index contributed by atoms with van der Waals surface area (Å²) in [7, 11) is -4.02. The Morgan fingerprint density at radius 3 is 2.06 bits per heavy atom. The van der Waals surface area contributed by atoms with Gasteiger partial charge in [0, 0.05) is 5.88 Å². The second kappa shape index (κ2) is 8.48. The largest absolute Gasteiger partial charge is 0.393 e. The van der Waals surface area contributed by atoms with Crippen LogP contribution >= 0.6 is 11.6 Å². The van der Waals surface area contributed by atoms with E-state index in [2.05, 4.69) is 0 Å². The Kier molecular flexibility index (Phi) is 8.18. The summed E-state index contributed by atoms with van der Waals surface area (Å²) in [5.74, 6) is 0.658. The highest BCUT2D eigenvalue weighted by Crippen LogP contribution is 2.08. The summed E-state index contributed by atoms with van der Waals surface area (Å²) in [6.45, 7) is 3.61. The highest BCUT2D eigenvalue weighted by atomic mass is 35.5. The van der Waals surface area contributed by atoms with Crippen molar-refractivity contribution in [1.82, 2.24) is 0 Å². The Bertz CT molecular complexity index is 426. The number of aliphatic hydroxyl groups is 1. The molecule has 0 fully saturated rings. The van der Waals surface area contributed by atoms with Crippen molar-refractivity contribution in [3.63, 3.8) is 0 Å². The van der Waals surface area contributed by atoms with Gasteiger partial charge < -0.3 is 5.11 Å². The molecule has 0 radical (unpaired) electrons. The maximum absolute atomic E-state index is 10.5. The molecule has 1 aromatic carbocycles. The minimum atomic E-state index is -4.02.